The third-order valence-corrected chi connectivity index (χ3v) is 8.47. The zero-order valence-electron chi connectivity index (χ0n) is 28.3. The van der Waals surface area contributed by atoms with E-state index < -0.39 is 11.9 Å². The number of carbonyl (C=O) groups excluding carboxylic acids is 1. The van der Waals surface area contributed by atoms with Crippen LogP contribution in [0.5, 0.6) is 17.2 Å². The van der Waals surface area contributed by atoms with Crippen LogP contribution in [-0.4, -0.2) is 58.2 Å². The standard InChI is InChI=1S/C34H30N6O13S2/c1-48-29-17-26(28(41)16-27(29)39-37-22-6-9-24(10-7-22)54-52-50-46)38-40-32-30(55-53-51-47)15-20-14-23(8-11-25(20)33(32)44)36-34(45)19-2-4-21(5-3-19)35-18-49-13-12-31(42)43/h2-11,14-17,35,41,44,46-47H,12-13,18H2,1H3,(H,36,45)(H,42,43). The Bertz CT molecular complexity index is 2170. The summed E-state index contributed by atoms with van der Waals surface area (Å²) in [5.41, 5.74) is 1.87. The zero-order valence-corrected chi connectivity index (χ0v) is 29.9. The quantitative estimate of drug-likeness (QED) is 0.0103. The van der Waals surface area contributed by atoms with Crippen LogP contribution in [0.3, 0.4) is 0 Å². The molecule has 5 aromatic carbocycles. The number of phenolic OH excluding ortho intramolecular Hbond substituents is 2. The van der Waals surface area contributed by atoms with E-state index in [1.54, 1.807) is 72.8 Å². The first-order valence-electron chi connectivity index (χ1n) is 15.6. The average molecular weight is 795 g/mol. The highest BCUT2D eigenvalue weighted by Gasteiger charge is 2.17. The van der Waals surface area contributed by atoms with Crippen LogP contribution in [-0.2, 0) is 28.3 Å². The third-order valence-electron chi connectivity index (χ3n) is 7.25. The van der Waals surface area contributed by atoms with E-state index in [4.69, 9.17) is 25.1 Å². The van der Waals surface area contributed by atoms with Crippen LogP contribution < -0.4 is 15.4 Å². The Morgan fingerprint density at radius 2 is 1.49 bits per heavy atom. The normalized spacial score (nSPS) is 11.4. The number of aromatic hydroxyl groups is 2. The number of benzene rings is 5. The van der Waals surface area contributed by atoms with Crippen LogP contribution in [0.25, 0.3) is 10.8 Å². The number of azo groups is 2. The first-order chi connectivity index (χ1) is 26.7. The maximum atomic E-state index is 13.0. The minimum atomic E-state index is -0.955. The van der Waals surface area contributed by atoms with Gasteiger partial charge in [0.2, 0.25) is 0 Å². The van der Waals surface area contributed by atoms with E-state index in [9.17, 15) is 19.8 Å². The third kappa shape index (κ3) is 11.3. The highest BCUT2D eigenvalue weighted by molar-refractivity contribution is 7.94. The lowest BCUT2D eigenvalue weighted by Gasteiger charge is -2.12. The van der Waals surface area contributed by atoms with E-state index >= 15 is 0 Å². The topological polar surface area (TPSA) is 264 Å². The zero-order chi connectivity index (χ0) is 39.2. The molecule has 0 aliphatic carbocycles. The average Bonchev–Trinajstić information content (AvgIpc) is 3.19. The molecule has 0 atom stereocenters. The van der Waals surface area contributed by atoms with Gasteiger partial charge in [-0.3, -0.25) is 9.59 Å². The van der Waals surface area contributed by atoms with Gasteiger partial charge < -0.3 is 35.4 Å². The van der Waals surface area contributed by atoms with Crippen molar-refractivity contribution in [1.29, 1.82) is 0 Å². The van der Waals surface area contributed by atoms with Crippen molar-refractivity contribution >= 4 is 80.9 Å². The summed E-state index contributed by atoms with van der Waals surface area (Å²) < 4.78 is 19.6. The van der Waals surface area contributed by atoms with E-state index in [2.05, 4.69) is 49.8 Å². The number of ether oxygens (including phenoxy) is 2. The van der Waals surface area contributed by atoms with Gasteiger partial charge >= 0.3 is 5.97 Å². The van der Waals surface area contributed by atoms with Crippen molar-refractivity contribution in [2.24, 2.45) is 20.5 Å². The monoisotopic (exact) mass is 794 g/mol. The van der Waals surface area contributed by atoms with Crippen molar-refractivity contribution in [2.75, 3.05) is 31.1 Å². The number of nitrogens with zero attached hydrogens (tertiary/aromatic N) is 4. The number of rotatable bonds is 19. The van der Waals surface area contributed by atoms with Gasteiger partial charge in [-0.05, 0) is 78.2 Å². The summed E-state index contributed by atoms with van der Waals surface area (Å²) in [6.07, 6.45) is -0.111. The van der Waals surface area contributed by atoms with E-state index in [1.807, 2.05) is 0 Å². The number of phenols is 2. The molecule has 0 heterocycles. The highest BCUT2D eigenvalue weighted by atomic mass is 32.2. The SMILES string of the molecule is COc1cc(N=Nc2c(SOOO)cc3cc(NC(=O)c4ccc(NCOCCC(=O)O)cc4)ccc3c2O)c(O)cc1N=Nc1ccc(SOOO)cc1. The van der Waals surface area contributed by atoms with E-state index in [1.165, 1.54) is 19.2 Å². The smallest absolute Gasteiger partial charge is 0.305 e. The van der Waals surface area contributed by atoms with Gasteiger partial charge in [0, 0.05) is 39.4 Å². The van der Waals surface area contributed by atoms with Gasteiger partial charge in [0.25, 0.3) is 5.91 Å². The fourth-order valence-corrected chi connectivity index (χ4v) is 5.51. The number of amides is 1. The number of carbonyl (C=O) groups is 2. The Morgan fingerprint density at radius 3 is 2.20 bits per heavy atom. The summed E-state index contributed by atoms with van der Waals surface area (Å²) in [5, 5.41) is 78.2. The lowest BCUT2D eigenvalue weighted by Crippen LogP contribution is -2.12. The van der Waals surface area contributed by atoms with Gasteiger partial charge in [0.05, 0.1) is 54.8 Å². The molecule has 0 saturated heterocycles. The fraction of sp³-hybridized carbons (Fsp3) is 0.118. The van der Waals surface area contributed by atoms with Gasteiger partial charge in [-0.2, -0.15) is 5.11 Å². The first kappa shape index (κ1) is 40.3. The van der Waals surface area contributed by atoms with E-state index in [0.29, 0.717) is 50.3 Å². The van der Waals surface area contributed by atoms with Crippen molar-refractivity contribution in [3.05, 3.63) is 90.5 Å². The number of nitrogens with one attached hydrogen (secondary N) is 2. The molecule has 286 valence electrons. The molecule has 55 heavy (non-hydrogen) atoms. The van der Waals surface area contributed by atoms with Gasteiger partial charge in [0.1, 0.15) is 35.3 Å². The second-order valence-corrected chi connectivity index (χ2v) is 12.3. The number of fused-ring (bicyclic) bond motifs is 1. The second-order valence-electron chi connectivity index (χ2n) is 10.8. The van der Waals surface area contributed by atoms with Crippen molar-refractivity contribution in [3.8, 4) is 17.2 Å². The molecule has 19 nitrogen and oxygen atoms in total. The van der Waals surface area contributed by atoms with E-state index in [-0.39, 0.29) is 59.0 Å². The molecule has 7 N–H and O–H groups in total. The molecule has 0 aromatic heterocycles. The number of hydrogen-bond acceptors (Lipinski definition) is 19. The van der Waals surface area contributed by atoms with Gasteiger partial charge in [-0.15, -0.1) is 24.0 Å². The van der Waals surface area contributed by atoms with Crippen LogP contribution in [0, 0.1) is 0 Å². The van der Waals surface area contributed by atoms with Gasteiger partial charge in [0.15, 0.2) is 5.75 Å². The number of carboxylic acids is 1. The predicted octanol–water partition coefficient (Wildman–Crippen LogP) is 9.06. The van der Waals surface area contributed by atoms with Gasteiger partial charge in [-0.25, -0.2) is 10.5 Å². The number of anilines is 2. The molecule has 5 rings (SSSR count). The lowest BCUT2D eigenvalue weighted by molar-refractivity contribution is -0.432. The molecule has 0 radical (unpaired) electrons. The molecule has 1 amide bonds. The molecule has 0 bridgehead atoms. The minimum Gasteiger partial charge on any atom is -0.506 e. The number of carboxylic acid groups (broad SMARTS) is 1. The molecular formula is C34H30N6O13S2. The van der Waals surface area contributed by atoms with E-state index in [0.717, 1.165) is 12.0 Å². The number of methoxy groups -OCH3 is 1. The second kappa shape index (κ2) is 20.0. The molecule has 0 unspecified atom stereocenters. The molecular weight excluding hydrogens is 765 g/mol. The molecule has 0 spiro atoms. The molecule has 5 aromatic rings. The summed E-state index contributed by atoms with van der Waals surface area (Å²) in [6.45, 7) is 0.156. The number of aliphatic carboxylic acids is 1. The minimum absolute atomic E-state index is 0.0519. The molecule has 0 fully saturated rings. The van der Waals surface area contributed by atoms with Crippen LogP contribution in [0.15, 0.2) is 115 Å². The Hall–Kier alpha value is -5.88. The molecule has 21 heteroatoms. The van der Waals surface area contributed by atoms with Crippen LogP contribution in [0.4, 0.5) is 34.1 Å². The molecule has 0 aliphatic rings. The Labute approximate surface area is 319 Å². The van der Waals surface area contributed by atoms with Crippen LogP contribution in [0.2, 0.25) is 0 Å². The maximum Gasteiger partial charge on any atom is 0.305 e. The number of hydrogen-bond donors (Lipinski definition) is 7. The summed E-state index contributed by atoms with van der Waals surface area (Å²) in [5.74, 6) is -1.86. The summed E-state index contributed by atoms with van der Waals surface area (Å²) in [7, 11) is 1.38. The molecule has 0 aliphatic heterocycles. The predicted molar refractivity (Wildman–Crippen MR) is 197 cm³/mol. The largest absolute Gasteiger partial charge is 0.506 e. The Balaban J connectivity index is 1.32. The van der Waals surface area contributed by atoms with Crippen LogP contribution in [0.1, 0.15) is 16.8 Å². The molecule has 0 saturated carbocycles. The highest BCUT2D eigenvalue weighted by Crippen LogP contribution is 2.46. The lowest BCUT2D eigenvalue weighted by atomic mass is 10.1. The van der Waals surface area contributed by atoms with Crippen LogP contribution >= 0.6 is 24.1 Å². The summed E-state index contributed by atoms with van der Waals surface area (Å²) in [4.78, 5) is 24.3. The fourth-order valence-electron chi connectivity index (χ4n) is 4.66. The van der Waals surface area contributed by atoms with Gasteiger partial charge in [-0.1, -0.05) is 10.1 Å². The van der Waals surface area contributed by atoms with Crippen molar-refractivity contribution in [1.82, 2.24) is 0 Å². The summed E-state index contributed by atoms with van der Waals surface area (Å²) in [6, 6.07) is 22.0. The van der Waals surface area contributed by atoms with Crippen molar-refractivity contribution in [2.45, 2.75) is 16.2 Å². The van der Waals surface area contributed by atoms with Crippen molar-refractivity contribution in [3.63, 3.8) is 0 Å². The van der Waals surface area contributed by atoms with Crippen molar-refractivity contribution < 1.29 is 63.6 Å². The maximum absolute atomic E-state index is 13.0. The Morgan fingerprint density at radius 1 is 0.782 bits per heavy atom. The summed E-state index contributed by atoms with van der Waals surface area (Å²) >= 11 is 1.29. The first-order valence-corrected chi connectivity index (χ1v) is 17.1. The Kier molecular flexibility index (Phi) is 14.6.